The third-order valence-electron chi connectivity index (χ3n) is 7.19. The number of nitro benzene ring substituents is 2. The summed E-state index contributed by atoms with van der Waals surface area (Å²) in [6.45, 7) is 6.39. The fourth-order valence-corrected chi connectivity index (χ4v) is 4.82. The van der Waals surface area contributed by atoms with E-state index in [1.807, 2.05) is 0 Å². The lowest BCUT2D eigenvalue weighted by Gasteiger charge is -2.31. The van der Waals surface area contributed by atoms with Gasteiger partial charge in [-0.25, -0.2) is 9.59 Å². The molecule has 3 rings (SSSR count). The largest absolute Gasteiger partial charge is 0.494 e. The SMILES string of the molecule is COC(=O)c1cc(OC)c(NC/C=C/CNc2c(OCC#CC3CCN(C(=O)OC(C)(C)C)CC3)cc(C(N)=O)cc2[N+](=O)[O-])c([N+](=O)[O-])c1. The third-order valence-corrected chi connectivity index (χ3v) is 7.19. The molecule has 0 aromatic heterocycles. The molecule has 17 nitrogen and oxygen atoms in total. The highest BCUT2D eigenvalue weighted by Crippen LogP contribution is 2.37. The molecule has 0 bridgehead atoms. The Morgan fingerprint density at radius 3 is 1.98 bits per heavy atom. The first-order chi connectivity index (χ1) is 23.6. The van der Waals surface area contributed by atoms with Crippen molar-refractivity contribution in [3.05, 3.63) is 67.8 Å². The van der Waals surface area contributed by atoms with Gasteiger partial charge in [-0.2, -0.15) is 0 Å². The maximum absolute atomic E-state index is 12.3. The van der Waals surface area contributed by atoms with E-state index in [0.717, 1.165) is 19.2 Å². The number of carbonyl (C=O) groups excluding carboxylic acids is 3. The Morgan fingerprint density at radius 2 is 1.48 bits per heavy atom. The van der Waals surface area contributed by atoms with E-state index >= 15 is 0 Å². The maximum atomic E-state index is 12.3. The highest BCUT2D eigenvalue weighted by molar-refractivity contribution is 5.96. The molecule has 0 atom stereocenters. The predicted octanol–water partition coefficient (Wildman–Crippen LogP) is 4.51. The monoisotopic (exact) mass is 696 g/mol. The molecule has 4 N–H and O–H groups in total. The number of benzene rings is 2. The van der Waals surface area contributed by atoms with Crippen LogP contribution in [0.25, 0.3) is 0 Å². The van der Waals surface area contributed by atoms with Crippen molar-refractivity contribution >= 4 is 40.7 Å². The summed E-state index contributed by atoms with van der Waals surface area (Å²) in [7, 11) is 2.45. The first-order valence-electron chi connectivity index (χ1n) is 15.4. The van der Waals surface area contributed by atoms with Gasteiger partial charge < -0.3 is 40.2 Å². The number of esters is 1. The van der Waals surface area contributed by atoms with Crippen LogP contribution in [0.5, 0.6) is 11.5 Å². The number of primary amides is 1. The van der Waals surface area contributed by atoms with Gasteiger partial charge in [0.25, 0.3) is 11.4 Å². The van der Waals surface area contributed by atoms with Gasteiger partial charge in [0.1, 0.15) is 18.0 Å². The number of likely N-dealkylation sites (tertiary alicyclic amines) is 1. The molecule has 0 unspecified atom stereocenters. The van der Waals surface area contributed by atoms with Crippen molar-refractivity contribution in [3.8, 4) is 23.3 Å². The number of nitrogens with zero attached hydrogens (tertiary/aromatic N) is 3. The summed E-state index contributed by atoms with van der Waals surface area (Å²) >= 11 is 0. The van der Waals surface area contributed by atoms with Crippen LogP contribution in [0.15, 0.2) is 36.4 Å². The fourth-order valence-electron chi connectivity index (χ4n) is 4.82. The summed E-state index contributed by atoms with van der Waals surface area (Å²) in [5.41, 5.74) is 3.80. The number of nitrogens with one attached hydrogen (secondary N) is 2. The number of amides is 2. The van der Waals surface area contributed by atoms with Gasteiger partial charge in [0, 0.05) is 49.8 Å². The number of nitro groups is 2. The summed E-state index contributed by atoms with van der Waals surface area (Å²) in [5, 5.41) is 29.4. The molecular formula is C33H40N6O11. The highest BCUT2D eigenvalue weighted by Gasteiger charge is 2.27. The second-order valence-corrected chi connectivity index (χ2v) is 11.9. The summed E-state index contributed by atoms with van der Waals surface area (Å²) in [6, 6.07) is 4.70. The van der Waals surface area contributed by atoms with Crippen LogP contribution in [0, 0.1) is 38.0 Å². The Hall–Kier alpha value is -6.05. The van der Waals surface area contributed by atoms with Crippen LogP contribution in [0.3, 0.4) is 0 Å². The Kier molecular flexibility index (Phi) is 13.3. The first kappa shape index (κ1) is 38.4. The Morgan fingerprint density at radius 1 is 0.940 bits per heavy atom. The van der Waals surface area contributed by atoms with Crippen molar-refractivity contribution in [1.82, 2.24) is 4.90 Å². The van der Waals surface area contributed by atoms with Crippen LogP contribution >= 0.6 is 0 Å². The molecule has 2 aromatic carbocycles. The Balaban J connectivity index is 1.68. The molecular weight excluding hydrogens is 656 g/mol. The number of hydrogen-bond donors (Lipinski definition) is 3. The second-order valence-electron chi connectivity index (χ2n) is 11.9. The van der Waals surface area contributed by atoms with E-state index in [1.54, 1.807) is 37.8 Å². The zero-order chi connectivity index (χ0) is 37.0. The van der Waals surface area contributed by atoms with Crippen LogP contribution in [-0.2, 0) is 9.47 Å². The van der Waals surface area contributed by atoms with E-state index in [1.165, 1.54) is 19.2 Å². The van der Waals surface area contributed by atoms with Gasteiger partial charge in [-0.3, -0.25) is 25.0 Å². The number of piperidine rings is 1. The Bertz CT molecular complexity index is 1700. The predicted molar refractivity (Wildman–Crippen MR) is 183 cm³/mol. The number of methoxy groups -OCH3 is 2. The summed E-state index contributed by atoms with van der Waals surface area (Å²) in [4.78, 5) is 60.1. The summed E-state index contributed by atoms with van der Waals surface area (Å²) < 4.78 is 21.1. The molecule has 2 amide bonds. The average Bonchev–Trinajstić information content (AvgIpc) is 3.06. The van der Waals surface area contributed by atoms with E-state index in [4.69, 9.17) is 19.9 Å². The molecule has 0 saturated carbocycles. The molecule has 0 spiro atoms. The number of nitrogens with two attached hydrogens (primary N) is 1. The third kappa shape index (κ3) is 10.7. The second kappa shape index (κ2) is 17.4. The van der Waals surface area contributed by atoms with Crippen molar-refractivity contribution in [1.29, 1.82) is 0 Å². The summed E-state index contributed by atoms with van der Waals surface area (Å²) in [5.74, 6) is 4.42. The van der Waals surface area contributed by atoms with E-state index < -0.39 is 38.7 Å². The standard InChI is InChI=1S/C33H40N6O11/c1-33(2,3)50-32(42)37-14-10-21(11-15-37)9-8-16-49-27-19-22(30(34)40)17-24(38(43)44)29(27)36-13-7-6-12-35-28-25(39(45)46)18-23(31(41)48-5)20-26(28)47-4/h6-7,17-21,35-36H,10-16H2,1-5H3,(H2,34,40)/b7-6+. The topological polar surface area (TPSA) is 228 Å². The normalized spacial score (nSPS) is 13.1. The van der Waals surface area contributed by atoms with Gasteiger partial charge in [-0.05, 0) is 45.7 Å². The minimum Gasteiger partial charge on any atom is -0.494 e. The minimum atomic E-state index is -0.887. The number of anilines is 2. The number of rotatable bonds is 13. The minimum absolute atomic E-state index is 0.00658. The van der Waals surface area contributed by atoms with E-state index in [9.17, 15) is 34.6 Å². The fraction of sp³-hybridized carbons (Fsp3) is 0.424. The van der Waals surface area contributed by atoms with Crippen LogP contribution in [0.4, 0.5) is 27.5 Å². The lowest BCUT2D eigenvalue weighted by Crippen LogP contribution is -2.41. The van der Waals surface area contributed by atoms with Crippen molar-refractivity contribution in [2.24, 2.45) is 11.7 Å². The van der Waals surface area contributed by atoms with E-state index in [0.29, 0.717) is 25.9 Å². The molecule has 1 fully saturated rings. The van der Waals surface area contributed by atoms with Crippen LogP contribution in [-0.4, -0.2) is 85.3 Å². The van der Waals surface area contributed by atoms with Crippen LogP contribution in [0.1, 0.15) is 54.3 Å². The average molecular weight is 697 g/mol. The van der Waals surface area contributed by atoms with E-state index in [2.05, 4.69) is 27.2 Å². The lowest BCUT2D eigenvalue weighted by atomic mass is 9.98. The van der Waals surface area contributed by atoms with E-state index in [-0.39, 0.29) is 65.7 Å². The number of ether oxygens (including phenoxy) is 4. The summed E-state index contributed by atoms with van der Waals surface area (Å²) in [6.07, 6.45) is 4.12. The van der Waals surface area contributed by atoms with Gasteiger partial charge in [0.2, 0.25) is 5.91 Å². The number of hydrogen-bond acceptors (Lipinski definition) is 13. The van der Waals surface area contributed by atoms with Gasteiger partial charge in [0.15, 0.2) is 17.1 Å². The molecule has 1 aliphatic heterocycles. The van der Waals surface area contributed by atoms with Crippen LogP contribution < -0.4 is 25.8 Å². The van der Waals surface area contributed by atoms with Gasteiger partial charge in [-0.15, -0.1) is 0 Å². The van der Waals surface area contributed by atoms with Crippen molar-refractivity contribution in [2.75, 3.05) is 57.6 Å². The lowest BCUT2D eigenvalue weighted by molar-refractivity contribution is -0.384. The molecule has 1 aliphatic rings. The highest BCUT2D eigenvalue weighted by atomic mass is 16.6. The van der Waals surface area contributed by atoms with Crippen LogP contribution in [0.2, 0.25) is 0 Å². The van der Waals surface area contributed by atoms with Crippen molar-refractivity contribution in [2.45, 2.75) is 39.2 Å². The Labute approximate surface area is 288 Å². The molecule has 17 heteroatoms. The quantitative estimate of drug-likeness (QED) is 0.0862. The first-order valence-corrected chi connectivity index (χ1v) is 15.4. The molecule has 0 radical (unpaired) electrons. The molecule has 1 heterocycles. The zero-order valence-corrected chi connectivity index (χ0v) is 28.4. The zero-order valence-electron chi connectivity index (χ0n) is 28.4. The molecule has 0 aliphatic carbocycles. The smallest absolute Gasteiger partial charge is 0.410 e. The van der Waals surface area contributed by atoms with Gasteiger partial charge >= 0.3 is 12.1 Å². The maximum Gasteiger partial charge on any atom is 0.410 e. The molecule has 1 saturated heterocycles. The molecule has 50 heavy (non-hydrogen) atoms. The van der Waals surface area contributed by atoms with Gasteiger partial charge in [-0.1, -0.05) is 24.0 Å². The number of carbonyl (C=O) groups is 3. The van der Waals surface area contributed by atoms with Gasteiger partial charge in [0.05, 0.1) is 29.6 Å². The van der Waals surface area contributed by atoms with Crippen molar-refractivity contribution < 1.29 is 43.2 Å². The van der Waals surface area contributed by atoms with Crippen molar-refractivity contribution in [3.63, 3.8) is 0 Å². The molecule has 2 aromatic rings. The molecule has 268 valence electrons.